The first-order valence-electron chi connectivity index (χ1n) is 11.2. The van der Waals surface area contributed by atoms with Crippen LogP contribution in [0.25, 0.3) is 10.2 Å². The van der Waals surface area contributed by atoms with E-state index < -0.39 is 17.8 Å². The Bertz CT molecular complexity index is 1220. The van der Waals surface area contributed by atoms with Gasteiger partial charge in [0.05, 0.1) is 27.8 Å². The van der Waals surface area contributed by atoms with Crippen LogP contribution >= 0.6 is 23.1 Å². The summed E-state index contributed by atoms with van der Waals surface area (Å²) in [5.74, 6) is -2.12. The lowest BCUT2D eigenvalue weighted by molar-refractivity contribution is -0.147. The Labute approximate surface area is 206 Å². The SMILES string of the molecule is Cc1cccc(C)c1NC(=O)CSc1nc2ccc(NC(=O)[C@@H]3CCCC[C@@H]3C(=O)O)cc2s1. The third kappa shape index (κ3) is 5.59. The molecule has 0 radical (unpaired) electrons. The van der Waals surface area contributed by atoms with E-state index in [1.807, 2.05) is 44.2 Å². The number of aromatic nitrogens is 1. The topological polar surface area (TPSA) is 108 Å². The van der Waals surface area contributed by atoms with Crippen LogP contribution in [0, 0.1) is 25.7 Å². The summed E-state index contributed by atoms with van der Waals surface area (Å²) in [6.07, 6.45) is 2.85. The average molecular weight is 498 g/mol. The van der Waals surface area contributed by atoms with Gasteiger partial charge < -0.3 is 15.7 Å². The Morgan fingerprint density at radius 3 is 2.47 bits per heavy atom. The summed E-state index contributed by atoms with van der Waals surface area (Å²) in [5.41, 5.74) is 4.31. The minimum atomic E-state index is -0.902. The number of benzene rings is 2. The van der Waals surface area contributed by atoms with E-state index in [4.69, 9.17) is 0 Å². The second-order valence-electron chi connectivity index (χ2n) is 8.59. The zero-order valence-corrected chi connectivity index (χ0v) is 20.7. The number of nitrogens with one attached hydrogen (secondary N) is 2. The first-order chi connectivity index (χ1) is 16.3. The van der Waals surface area contributed by atoms with Gasteiger partial charge in [0.2, 0.25) is 11.8 Å². The summed E-state index contributed by atoms with van der Waals surface area (Å²) >= 11 is 2.83. The number of rotatable bonds is 7. The maximum absolute atomic E-state index is 12.8. The molecule has 0 unspecified atom stereocenters. The normalized spacial score (nSPS) is 17.9. The van der Waals surface area contributed by atoms with Crippen LogP contribution in [0.4, 0.5) is 11.4 Å². The first-order valence-corrected chi connectivity index (χ1v) is 13.0. The van der Waals surface area contributed by atoms with Gasteiger partial charge in [-0.2, -0.15) is 0 Å². The maximum Gasteiger partial charge on any atom is 0.307 e. The van der Waals surface area contributed by atoms with Gasteiger partial charge in [-0.25, -0.2) is 4.98 Å². The summed E-state index contributed by atoms with van der Waals surface area (Å²) in [5, 5.41) is 15.3. The number of carbonyl (C=O) groups is 3. The molecule has 0 saturated heterocycles. The Morgan fingerprint density at radius 2 is 1.76 bits per heavy atom. The number of carboxylic acid groups (broad SMARTS) is 1. The molecule has 1 aliphatic rings. The quantitative estimate of drug-likeness (QED) is 0.373. The molecular formula is C25H27N3O4S2. The molecule has 2 amide bonds. The average Bonchev–Trinajstić information content (AvgIpc) is 3.22. The monoisotopic (exact) mass is 497 g/mol. The van der Waals surface area contributed by atoms with Crippen LogP contribution in [0.1, 0.15) is 36.8 Å². The van der Waals surface area contributed by atoms with Gasteiger partial charge in [-0.1, -0.05) is 42.8 Å². The summed E-state index contributed by atoms with van der Waals surface area (Å²) in [6, 6.07) is 11.4. The standard InChI is InChI=1S/C25H27N3O4S2/c1-14-6-5-7-15(2)22(14)28-21(29)13-33-25-27-19-11-10-16(12-20(19)34-25)26-23(30)17-8-3-4-9-18(17)24(31)32/h5-7,10-12,17-18H,3-4,8-9,13H2,1-2H3,(H,26,30)(H,28,29)(H,31,32)/t17-,18+/m1/s1. The summed E-state index contributed by atoms with van der Waals surface area (Å²) in [4.78, 5) is 41.3. The Kier molecular flexibility index (Phi) is 7.53. The summed E-state index contributed by atoms with van der Waals surface area (Å²) in [6.45, 7) is 3.94. The minimum absolute atomic E-state index is 0.0879. The lowest BCUT2D eigenvalue weighted by Crippen LogP contribution is -2.36. The predicted molar refractivity (Wildman–Crippen MR) is 137 cm³/mol. The van der Waals surface area contributed by atoms with Crippen LogP contribution in [0.15, 0.2) is 40.7 Å². The zero-order chi connectivity index (χ0) is 24.2. The number of carbonyl (C=O) groups excluding carboxylic acids is 2. The molecule has 9 heteroatoms. The molecule has 1 aromatic heterocycles. The molecule has 1 fully saturated rings. The molecule has 0 aliphatic heterocycles. The molecule has 178 valence electrons. The number of thioether (sulfide) groups is 1. The number of aliphatic carboxylic acids is 1. The molecule has 1 heterocycles. The molecule has 1 saturated carbocycles. The van der Waals surface area contributed by atoms with Gasteiger partial charge in [0.25, 0.3) is 0 Å². The van der Waals surface area contributed by atoms with Crippen molar-refractivity contribution in [1.29, 1.82) is 0 Å². The lowest BCUT2D eigenvalue weighted by Gasteiger charge is -2.27. The molecule has 3 N–H and O–H groups in total. The summed E-state index contributed by atoms with van der Waals surface area (Å²) < 4.78 is 1.67. The molecule has 2 atom stereocenters. The van der Waals surface area contributed by atoms with Gasteiger partial charge in [0.1, 0.15) is 0 Å². The van der Waals surface area contributed by atoms with E-state index in [9.17, 15) is 19.5 Å². The van der Waals surface area contributed by atoms with E-state index in [1.54, 1.807) is 6.07 Å². The van der Waals surface area contributed by atoms with Crippen molar-refractivity contribution in [2.45, 2.75) is 43.9 Å². The smallest absolute Gasteiger partial charge is 0.307 e. The number of hydrogen-bond acceptors (Lipinski definition) is 6. The zero-order valence-electron chi connectivity index (χ0n) is 19.1. The minimum Gasteiger partial charge on any atom is -0.481 e. The third-order valence-corrected chi connectivity index (χ3v) is 8.29. The van der Waals surface area contributed by atoms with Gasteiger partial charge in [-0.15, -0.1) is 11.3 Å². The van der Waals surface area contributed by atoms with E-state index in [1.165, 1.54) is 23.1 Å². The fraction of sp³-hybridized carbons (Fsp3) is 0.360. The highest BCUT2D eigenvalue weighted by Crippen LogP contribution is 2.34. The van der Waals surface area contributed by atoms with Crippen molar-refractivity contribution in [3.05, 3.63) is 47.5 Å². The highest BCUT2D eigenvalue weighted by Gasteiger charge is 2.35. The molecule has 3 aromatic rings. The number of carboxylic acids is 1. The highest BCUT2D eigenvalue weighted by molar-refractivity contribution is 8.01. The Morgan fingerprint density at radius 1 is 1.06 bits per heavy atom. The van der Waals surface area contributed by atoms with E-state index in [0.29, 0.717) is 18.5 Å². The Hall–Kier alpha value is -2.91. The van der Waals surface area contributed by atoms with Crippen molar-refractivity contribution < 1.29 is 19.5 Å². The van der Waals surface area contributed by atoms with E-state index in [2.05, 4.69) is 15.6 Å². The molecule has 0 bridgehead atoms. The first kappa shape index (κ1) is 24.2. The molecule has 0 spiro atoms. The van der Waals surface area contributed by atoms with Gasteiger partial charge >= 0.3 is 5.97 Å². The van der Waals surface area contributed by atoms with Crippen molar-refractivity contribution in [3.8, 4) is 0 Å². The van der Waals surface area contributed by atoms with Crippen molar-refractivity contribution in [2.75, 3.05) is 16.4 Å². The van der Waals surface area contributed by atoms with Crippen molar-refractivity contribution in [2.24, 2.45) is 11.8 Å². The van der Waals surface area contributed by atoms with Crippen LogP contribution in [0.5, 0.6) is 0 Å². The molecule has 34 heavy (non-hydrogen) atoms. The van der Waals surface area contributed by atoms with Crippen LogP contribution in [-0.2, 0) is 14.4 Å². The molecule has 2 aromatic carbocycles. The molecular weight excluding hydrogens is 470 g/mol. The van der Waals surface area contributed by atoms with E-state index >= 15 is 0 Å². The van der Waals surface area contributed by atoms with Gasteiger partial charge in [-0.05, 0) is 56.0 Å². The molecule has 4 rings (SSSR count). The fourth-order valence-corrected chi connectivity index (χ4v) is 6.24. The van der Waals surface area contributed by atoms with E-state index in [0.717, 1.165) is 44.2 Å². The van der Waals surface area contributed by atoms with Gasteiger partial charge in [-0.3, -0.25) is 14.4 Å². The fourth-order valence-electron chi connectivity index (χ4n) is 4.33. The van der Waals surface area contributed by atoms with E-state index in [-0.39, 0.29) is 17.6 Å². The van der Waals surface area contributed by atoms with Gasteiger partial charge in [0, 0.05) is 11.4 Å². The highest BCUT2D eigenvalue weighted by atomic mass is 32.2. The Balaban J connectivity index is 1.38. The summed E-state index contributed by atoms with van der Waals surface area (Å²) in [7, 11) is 0. The second-order valence-corrected chi connectivity index (χ2v) is 10.8. The number of fused-ring (bicyclic) bond motifs is 1. The predicted octanol–water partition coefficient (Wildman–Crippen LogP) is 5.47. The van der Waals surface area contributed by atoms with Crippen LogP contribution in [-0.4, -0.2) is 33.6 Å². The molecule has 1 aliphatic carbocycles. The number of para-hydroxylation sites is 1. The second kappa shape index (κ2) is 10.6. The van der Waals surface area contributed by atoms with Crippen molar-refractivity contribution >= 4 is 62.5 Å². The third-order valence-electron chi connectivity index (χ3n) is 6.13. The maximum atomic E-state index is 12.8. The van der Waals surface area contributed by atoms with Crippen molar-refractivity contribution in [1.82, 2.24) is 4.98 Å². The number of anilines is 2. The largest absolute Gasteiger partial charge is 0.481 e. The lowest BCUT2D eigenvalue weighted by atomic mass is 9.78. The number of aryl methyl sites for hydroxylation is 2. The number of thiazole rings is 1. The van der Waals surface area contributed by atoms with Crippen LogP contribution in [0.3, 0.4) is 0 Å². The van der Waals surface area contributed by atoms with Crippen molar-refractivity contribution in [3.63, 3.8) is 0 Å². The van der Waals surface area contributed by atoms with Crippen LogP contribution < -0.4 is 10.6 Å². The number of nitrogens with zero attached hydrogens (tertiary/aromatic N) is 1. The number of amides is 2. The van der Waals surface area contributed by atoms with Gasteiger partial charge in [0.15, 0.2) is 4.34 Å². The number of hydrogen-bond donors (Lipinski definition) is 3. The molecule has 7 nitrogen and oxygen atoms in total. The van der Waals surface area contributed by atoms with Crippen LogP contribution in [0.2, 0.25) is 0 Å².